The first-order valence-electron chi connectivity index (χ1n) is 12.4. The lowest BCUT2D eigenvalue weighted by atomic mass is 9.14. The number of esters is 1. The van der Waals surface area contributed by atoms with E-state index in [1.807, 2.05) is 0 Å². The summed E-state index contributed by atoms with van der Waals surface area (Å²) in [5, 5.41) is 0. The minimum absolute atomic E-state index is 0.0664. The van der Waals surface area contributed by atoms with E-state index in [0.29, 0.717) is 28.6 Å². The lowest BCUT2D eigenvalue weighted by Gasteiger charge is -2.91. The molecule has 6 aliphatic carbocycles. The van der Waals surface area contributed by atoms with Crippen LogP contribution in [0.4, 0.5) is 0 Å². The molecule has 6 fully saturated rings. The SMILES string of the molecule is CCC1(OC(=O)C2CC3CC2C(C(C)C)C3C(C)(C)C)C2CC3CC4CC1C342. The van der Waals surface area contributed by atoms with E-state index in [4.69, 9.17) is 4.74 Å². The molecule has 1 spiro atoms. The van der Waals surface area contributed by atoms with Crippen LogP contribution in [0.25, 0.3) is 0 Å². The molecule has 2 heteroatoms. The molecule has 6 rings (SSSR count). The number of rotatable bonds is 4. The van der Waals surface area contributed by atoms with Gasteiger partial charge in [-0.05, 0) is 90.8 Å². The smallest absolute Gasteiger partial charge is 0.309 e. The molecule has 0 saturated heterocycles. The highest BCUT2D eigenvalue weighted by atomic mass is 16.6. The van der Waals surface area contributed by atoms with Crippen LogP contribution in [0.2, 0.25) is 0 Å². The van der Waals surface area contributed by atoms with Crippen LogP contribution in [0.5, 0.6) is 0 Å². The largest absolute Gasteiger partial charge is 0.458 e. The van der Waals surface area contributed by atoms with Crippen LogP contribution < -0.4 is 0 Å². The minimum Gasteiger partial charge on any atom is -0.458 e. The summed E-state index contributed by atoms with van der Waals surface area (Å²) in [5.74, 6) is 7.24. The number of hydrogen-bond acceptors (Lipinski definition) is 2. The number of hydrogen-bond donors (Lipinski definition) is 0. The Morgan fingerprint density at radius 3 is 2.18 bits per heavy atom. The van der Waals surface area contributed by atoms with Gasteiger partial charge in [-0.15, -0.1) is 0 Å². The lowest BCUT2D eigenvalue weighted by Crippen LogP contribution is -2.90. The van der Waals surface area contributed by atoms with Crippen molar-refractivity contribution in [3.63, 3.8) is 0 Å². The van der Waals surface area contributed by atoms with Crippen LogP contribution in [-0.4, -0.2) is 11.6 Å². The number of ether oxygens (including phenoxy) is 1. The monoisotopic (exact) mass is 384 g/mol. The molecule has 0 aliphatic heterocycles. The van der Waals surface area contributed by atoms with E-state index in [2.05, 4.69) is 41.5 Å². The average molecular weight is 385 g/mol. The molecule has 6 aliphatic rings. The van der Waals surface area contributed by atoms with E-state index in [1.165, 1.54) is 25.7 Å². The first-order chi connectivity index (χ1) is 13.2. The molecular weight excluding hydrogens is 344 g/mol. The summed E-state index contributed by atoms with van der Waals surface area (Å²) in [5.41, 5.74) is 0.951. The van der Waals surface area contributed by atoms with Gasteiger partial charge in [0.15, 0.2) is 0 Å². The van der Waals surface area contributed by atoms with Crippen molar-refractivity contribution in [1.29, 1.82) is 0 Å². The van der Waals surface area contributed by atoms with Gasteiger partial charge in [-0.1, -0.05) is 41.5 Å². The second kappa shape index (κ2) is 5.20. The Morgan fingerprint density at radius 2 is 1.68 bits per heavy atom. The maximum atomic E-state index is 13.5. The zero-order valence-corrected chi connectivity index (χ0v) is 18.8. The van der Waals surface area contributed by atoms with Crippen molar-refractivity contribution >= 4 is 5.97 Å². The predicted octanol–water partition coefficient (Wildman–Crippen LogP) is 5.94. The van der Waals surface area contributed by atoms with Crippen molar-refractivity contribution in [2.24, 2.45) is 70.0 Å². The van der Waals surface area contributed by atoms with Gasteiger partial charge >= 0.3 is 5.97 Å². The zero-order chi connectivity index (χ0) is 19.8. The Morgan fingerprint density at radius 1 is 1.04 bits per heavy atom. The van der Waals surface area contributed by atoms with Gasteiger partial charge in [-0.3, -0.25) is 4.79 Å². The van der Waals surface area contributed by atoms with Crippen LogP contribution >= 0.6 is 0 Å². The van der Waals surface area contributed by atoms with Crippen LogP contribution in [-0.2, 0) is 9.53 Å². The third kappa shape index (κ3) is 1.75. The zero-order valence-electron chi connectivity index (χ0n) is 18.8. The molecule has 2 bridgehead atoms. The van der Waals surface area contributed by atoms with E-state index in [9.17, 15) is 4.79 Å². The van der Waals surface area contributed by atoms with Crippen molar-refractivity contribution in [2.75, 3.05) is 0 Å². The molecule has 0 aromatic heterocycles. The van der Waals surface area contributed by atoms with E-state index >= 15 is 0 Å². The van der Waals surface area contributed by atoms with Crippen molar-refractivity contribution in [1.82, 2.24) is 0 Å². The van der Waals surface area contributed by atoms with Crippen LogP contribution in [0.3, 0.4) is 0 Å². The Bertz CT molecular complexity index is 692. The van der Waals surface area contributed by atoms with Gasteiger partial charge in [-0.2, -0.15) is 0 Å². The summed E-state index contributed by atoms with van der Waals surface area (Å²) in [4.78, 5) is 13.5. The van der Waals surface area contributed by atoms with E-state index in [-0.39, 0.29) is 17.5 Å². The van der Waals surface area contributed by atoms with E-state index < -0.39 is 0 Å². The Hall–Kier alpha value is -0.530. The van der Waals surface area contributed by atoms with Gasteiger partial charge in [0.2, 0.25) is 0 Å². The summed E-state index contributed by atoms with van der Waals surface area (Å²) >= 11 is 0. The van der Waals surface area contributed by atoms with Crippen molar-refractivity contribution < 1.29 is 9.53 Å². The highest BCUT2D eigenvalue weighted by Gasteiger charge is 2.90. The van der Waals surface area contributed by atoms with Crippen molar-refractivity contribution in [3.05, 3.63) is 0 Å². The van der Waals surface area contributed by atoms with Gasteiger partial charge in [0.25, 0.3) is 0 Å². The summed E-state index contributed by atoms with van der Waals surface area (Å²) in [6.45, 7) is 14.3. The fourth-order valence-electron chi connectivity index (χ4n) is 10.8. The topological polar surface area (TPSA) is 26.3 Å². The average Bonchev–Trinajstić information content (AvgIpc) is 3.14. The molecule has 0 amide bonds. The molecule has 0 N–H and O–H groups in total. The summed E-state index contributed by atoms with van der Waals surface area (Å²) < 4.78 is 6.60. The molecule has 9 atom stereocenters. The van der Waals surface area contributed by atoms with Gasteiger partial charge < -0.3 is 4.74 Å². The van der Waals surface area contributed by atoms with Gasteiger partial charge in [0.05, 0.1) is 5.92 Å². The van der Waals surface area contributed by atoms with Crippen LogP contribution in [0, 0.1) is 70.0 Å². The highest BCUT2D eigenvalue weighted by Crippen LogP contribution is 2.91. The summed E-state index contributed by atoms with van der Waals surface area (Å²) in [6, 6.07) is 0. The second-order valence-electron chi connectivity index (χ2n) is 13.2. The van der Waals surface area contributed by atoms with E-state index in [0.717, 1.165) is 48.3 Å². The molecule has 156 valence electrons. The standard InChI is InChI=1S/C26H40O2/c1-7-25(19-11-15-10-16-12-20(25)26(15,16)19)28-23(27)18-9-14-8-17(18)21(13(2)3)22(14)24(4,5)6/h13-22H,7-12H2,1-6H3. The maximum absolute atomic E-state index is 13.5. The maximum Gasteiger partial charge on any atom is 0.309 e. The molecule has 9 unspecified atom stereocenters. The van der Waals surface area contributed by atoms with Crippen molar-refractivity contribution in [3.8, 4) is 0 Å². The van der Waals surface area contributed by atoms with E-state index in [1.54, 1.807) is 0 Å². The van der Waals surface area contributed by atoms with Crippen molar-refractivity contribution in [2.45, 2.75) is 85.7 Å². The van der Waals surface area contributed by atoms with Crippen LogP contribution in [0.15, 0.2) is 0 Å². The Balaban J connectivity index is 1.21. The minimum atomic E-state index is -0.0664. The number of carbonyl (C=O) groups excluding carboxylic acids is 1. The third-order valence-electron chi connectivity index (χ3n) is 11.4. The predicted molar refractivity (Wildman–Crippen MR) is 110 cm³/mol. The molecule has 0 aromatic carbocycles. The fourth-order valence-corrected chi connectivity index (χ4v) is 10.8. The van der Waals surface area contributed by atoms with Gasteiger partial charge in [0, 0.05) is 11.8 Å². The molecule has 28 heavy (non-hydrogen) atoms. The summed E-state index contributed by atoms with van der Waals surface area (Å²) in [6.07, 6.45) is 7.60. The fraction of sp³-hybridized carbons (Fsp3) is 0.962. The summed E-state index contributed by atoms with van der Waals surface area (Å²) in [7, 11) is 0. The Labute approximate surface area is 171 Å². The number of carbonyl (C=O) groups is 1. The second-order valence-corrected chi connectivity index (χ2v) is 13.2. The first-order valence-corrected chi connectivity index (χ1v) is 12.4. The number of fused-ring (bicyclic) bond motifs is 2. The molecule has 0 heterocycles. The molecule has 6 saturated carbocycles. The van der Waals surface area contributed by atoms with Gasteiger partial charge in [-0.25, -0.2) is 0 Å². The third-order valence-corrected chi connectivity index (χ3v) is 11.4. The normalized spacial score (nSPS) is 57.5. The first kappa shape index (κ1) is 18.3. The highest BCUT2D eigenvalue weighted by molar-refractivity contribution is 5.74. The molecular formula is C26H40O2. The quantitative estimate of drug-likeness (QED) is 0.560. The lowest BCUT2D eigenvalue weighted by molar-refractivity contribution is -0.460. The Kier molecular flexibility index (Phi) is 3.39. The molecule has 0 radical (unpaired) electrons. The molecule has 2 nitrogen and oxygen atoms in total. The van der Waals surface area contributed by atoms with Gasteiger partial charge in [0.1, 0.15) is 5.60 Å². The van der Waals surface area contributed by atoms with Crippen LogP contribution in [0.1, 0.15) is 80.1 Å². The molecule has 0 aromatic rings.